The summed E-state index contributed by atoms with van der Waals surface area (Å²) in [6.45, 7) is 1.41. The second-order valence-electron chi connectivity index (χ2n) is 3.30. The normalized spacial score (nSPS) is 13.3. The third kappa shape index (κ3) is 4.30. The zero-order valence-corrected chi connectivity index (χ0v) is 8.54. The predicted molar refractivity (Wildman–Crippen MR) is 53.6 cm³/mol. The molecule has 0 aliphatic carbocycles. The summed E-state index contributed by atoms with van der Waals surface area (Å²) in [6.07, 6.45) is -2.45. The maximum absolute atomic E-state index is 12.0. The van der Waals surface area contributed by atoms with Crippen molar-refractivity contribution in [2.45, 2.75) is 25.6 Å². The van der Waals surface area contributed by atoms with E-state index in [0.717, 1.165) is 0 Å². The van der Waals surface area contributed by atoms with E-state index >= 15 is 0 Å². The second-order valence-corrected chi connectivity index (χ2v) is 3.30. The topological polar surface area (TPSA) is 75.9 Å². The predicted octanol–water partition coefficient (Wildman–Crippen LogP) is 1.51. The number of alkyl halides is 3. The summed E-state index contributed by atoms with van der Waals surface area (Å²) in [6, 6.07) is -0.776. The maximum atomic E-state index is 12.0. The number of hydrogen-bond donors (Lipinski definition) is 3. The van der Waals surface area contributed by atoms with Gasteiger partial charge in [0.25, 0.3) is 0 Å². The number of nitrogen functional groups attached to an aromatic ring is 1. The summed E-state index contributed by atoms with van der Waals surface area (Å²) in [5, 5.41) is 2.58. The summed E-state index contributed by atoms with van der Waals surface area (Å²) >= 11 is 0. The average molecular weight is 235 g/mol. The molecule has 1 rings (SSSR count). The molecule has 16 heavy (non-hydrogen) atoms. The van der Waals surface area contributed by atoms with Gasteiger partial charge >= 0.3 is 6.18 Å². The molecule has 5 nitrogen and oxygen atoms in total. The molecule has 0 saturated heterocycles. The lowest BCUT2D eigenvalue weighted by Crippen LogP contribution is -2.24. The number of nitrogens with zero attached hydrogens (tertiary/aromatic N) is 2. The van der Waals surface area contributed by atoms with Crippen LogP contribution in [0.3, 0.4) is 0 Å². The van der Waals surface area contributed by atoms with E-state index < -0.39 is 18.6 Å². The number of rotatable bonds is 4. The number of hydrogen-bond acceptors (Lipinski definition) is 5. The van der Waals surface area contributed by atoms with Crippen LogP contribution in [0, 0.1) is 0 Å². The number of anilines is 2. The minimum atomic E-state index is -4.20. The Bertz CT molecular complexity index is 341. The number of nitrogens with two attached hydrogens (primary N) is 1. The molecule has 1 aromatic heterocycles. The average Bonchev–Trinajstić information content (AvgIpc) is 2.15. The zero-order chi connectivity index (χ0) is 12.2. The highest BCUT2D eigenvalue weighted by Gasteiger charge is 2.30. The molecule has 1 aromatic rings. The van der Waals surface area contributed by atoms with Crippen LogP contribution in [-0.2, 0) is 0 Å². The van der Waals surface area contributed by atoms with Crippen LogP contribution in [-0.4, -0.2) is 22.2 Å². The van der Waals surface area contributed by atoms with E-state index in [2.05, 4.69) is 20.7 Å². The number of halogens is 3. The standard InChI is InChI=1S/C8H12F3N5/c1-5(2-8(9,10)11)14-6-3-13-4-7(15-6)16-12/h3-5H,2,12H2,1H3,(H2,14,15,16). The van der Waals surface area contributed by atoms with Crippen molar-refractivity contribution in [1.82, 2.24) is 9.97 Å². The van der Waals surface area contributed by atoms with E-state index in [0.29, 0.717) is 0 Å². The van der Waals surface area contributed by atoms with E-state index in [9.17, 15) is 13.2 Å². The van der Waals surface area contributed by atoms with E-state index in [1.54, 1.807) is 0 Å². The van der Waals surface area contributed by atoms with Gasteiger partial charge in [-0.25, -0.2) is 10.8 Å². The van der Waals surface area contributed by atoms with Crippen LogP contribution in [0.2, 0.25) is 0 Å². The molecular formula is C8H12F3N5. The van der Waals surface area contributed by atoms with Gasteiger partial charge in [0.05, 0.1) is 18.8 Å². The second kappa shape index (κ2) is 4.97. The highest BCUT2D eigenvalue weighted by atomic mass is 19.4. The Morgan fingerprint density at radius 1 is 1.38 bits per heavy atom. The largest absolute Gasteiger partial charge is 0.391 e. The lowest BCUT2D eigenvalue weighted by molar-refractivity contribution is -0.136. The monoisotopic (exact) mass is 235 g/mol. The number of nitrogens with one attached hydrogen (secondary N) is 2. The molecule has 0 bridgehead atoms. The Balaban J connectivity index is 2.59. The van der Waals surface area contributed by atoms with Crippen molar-refractivity contribution in [3.8, 4) is 0 Å². The lowest BCUT2D eigenvalue weighted by atomic mass is 10.2. The Morgan fingerprint density at radius 2 is 2.00 bits per heavy atom. The third-order valence-corrected chi connectivity index (χ3v) is 1.71. The van der Waals surface area contributed by atoms with Crippen molar-refractivity contribution in [2.75, 3.05) is 10.7 Å². The molecule has 0 saturated carbocycles. The highest BCUT2D eigenvalue weighted by Crippen LogP contribution is 2.22. The molecule has 8 heteroatoms. The molecule has 1 heterocycles. The van der Waals surface area contributed by atoms with Crippen LogP contribution in [0.15, 0.2) is 12.4 Å². The molecular weight excluding hydrogens is 223 g/mol. The Kier molecular flexibility index (Phi) is 3.88. The Labute approximate surface area is 90.2 Å². The SMILES string of the molecule is CC(CC(F)(F)F)Nc1cncc(NN)n1. The van der Waals surface area contributed by atoms with Gasteiger partial charge in [-0.15, -0.1) is 0 Å². The molecule has 4 N–H and O–H groups in total. The zero-order valence-electron chi connectivity index (χ0n) is 8.54. The summed E-state index contributed by atoms with van der Waals surface area (Å²) in [7, 11) is 0. The molecule has 0 spiro atoms. The fourth-order valence-electron chi connectivity index (χ4n) is 1.16. The summed E-state index contributed by atoms with van der Waals surface area (Å²) in [5.41, 5.74) is 2.25. The van der Waals surface area contributed by atoms with E-state index in [-0.39, 0.29) is 11.6 Å². The van der Waals surface area contributed by atoms with Crippen LogP contribution < -0.4 is 16.6 Å². The highest BCUT2D eigenvalue weighted by molar-refractivity contribution is 5.41. The van der Waals surface area contributed by atoms with Crippen LogP contribution in [0.25, 0.3) is 0 Å². The van der Waals surface area contributed by atoms with Gasteiger partial charge in [0.2, 0.25) is 0 Å². The number of aromatic nitrogens is 2. The third-order valence-electron chi connectivity index (χ3n) is 1.71. The first kappa shape index (κ1) is 12.5. The van der Waals surface area contributed by atoms with Crippen molar-refractivity contribution < 1.29 is 13.2 Å². The van der Waals surface area contributed by atoms with E-state index in [4.69, 9.17) is 5.84 Å². The summed E-state index contributed by atoms with van der Waals surface area (Å²) < 4.78 is 36.1. The van der Waals surface area contributed by atoms with Gasteiger partial charge < -0.3 is 10.7 Å². The minimum Gasteiger partial charge on any atom is -0.366 e. The lowest BCUT2D eigenvalue weighted by Gasteiger charge is -2.16. The fourth-order valence-corrected chi connectivity index (χ4v) is 1.16. The van der Waals surface area contributed by atoms with Crippen molar-refractivity contribution >= 4 is 11.6 Å². The molecule has 90 valence electrons. The minimum absolute atomic E-state index is 0.243. The number of hydrazine groups is 1. The van der Waals surface area contributed by atoms with Gasteiger partial charge in [-0.2, -0.15) is 13.2 Å². The van der Waals surface area contributed by atoms with Gasteiger partial charge in [-0.05, 0) is 6.92 Å². The van der Waals surface area contributed by atoms with Gasteiger partial charge in [-0.3, -0.25) is 4.98 Å². The smallest absolute Gasteiger partial charge is 0.366 e. The van der Waals surface area contributed by atoms with Gasteiger partial charge in [0.1, 0.15) is 5.82 Å². The molecule has 0 aromatic carbocycles. The summed E-state index contributed by atoms with van der Waals surface area (Å²) in [5.74, 6) is 5.62. The molecule has 0 amide bonds. The first-order valence-electron chi connectivity index (χ1n) is 4.52. The van der Waals surface area contributed by atoms with Crippen LogP contribution in [0.4, 0.5) is 24.8 Å². The van der Waals surface area contributed by atoms with Gasteiger partial charge in [0, 0.05) is 6.04 Å². The molecule has 0 aliphatic heterocycles. The molecule has 0 radical (unpaired) electrons. The van der Waals surface area contributed by atoms with E-state index in [1.165, 1.54) is 19.3 Å². The molecule has 1 unspecified atom stereocenters. The Morgan fingerprint density at radius 3 is 2.56 bits per heavy atom. The van der Waals surface area contributed by atoms with Crippen LogP contribution in [0.5, 0.6) is 0 Å². The Hall–Kier alpha value is -1.57. The first-order chi connectivity index (χ1) is 7.40. The fraction of sp³-hybridized carbons (Fsp3) is 0.500. The molecule has 0 fully saturated rings. The van der Waals surface area contributed by atoms with E-state index in [1.807, 2.05) is 0 Å². The van der Waals surface area contributed by atoms with Crippen LogP contribution in [0.1, 0.15) is 13.3 Å². The quantitative estimate of drug-likeness (QED) is 0.545. The van der Waals surface area contributed by atoms with Crippen LogP contribution >= 0.6 is 0 Å². The van der Waals surface area contributed by atoms with Crippen molar-refractivity contribution in [3.05, 3.63) is 12.4 Å². The van der Waals surface area contributed by atoms with Crippen molar-refractivity contribution in [1.29, 1.82) is 0 Å². The molecule has 1 atom stereocenters. The molecule has 0 aliphatic rings. The summed E-state index contributed by atoms with van der Waals surface area (Å²) in [4.78, 5) is 7.64. The first-order valence-corrected chi connectivity index (χ1v) is 4.52. The van der Waals surface area contributed by atoms with Crippen molar-refractivity contribution in [3.63, 3.8) is 0 Å². The van der Waals surface area contributed by atoms with Crippen molar-refractivity contribution in [2.24, 2.45) is 5.84 Å². The van der Waals surface area contributed by atoms with Gasteiger partial charge in [-0.1, -0.05) is 0 Å². The van der Waals surface area contributed by atoms with Gasteiger partial charge in [0.15, 0.2) is 5.82 Å². The maximum Gasteiger partial charge on any atom is 0.391 e.